The van der Waals surface area contributed by atoms with Gasteiger partial charge in [0.1, 0.15) is 11.6 Å². The number of aromatic nitrogens is 4. The van der Waals surface area contributed by atoms with E-state index in [1.807, 2.05) is 46.1 Å². The third-order valence-electron chi connectivity index (χ3n) is 6.94. The molecule has 0 saturated carbocycles. The topological polar surface area (TPSA) is 76.4 Å². The van der Waals surface area contributed by atoms with Gasteiger partial charge in [-0.05, 0) is 31.4 Å². The predicted molar refractivity (Wildman–Crippen MR) is 132 cm³/mol. The van der Waals surface area contributed by atoms with E-state index in [9.17, 15) is 4.79 Å². The molecule has 2 aliphatic heterocycles. The molecular weight excluding hydrogens is 428 g/mol. The Kier molecular flexibility index (Phi) is 7.04. The first-order valence-corrected chi connectivity index (χ1v) is 12.7. The van der Waals surface area contributed by atoms with Crippen LogP contribution in [0.25, 0.3) is 16.7 Å². The summed E-state index contributed by atoms with van der Waals surface area (Å²) in [5.41, 5.74) is 1.83. The number of amides is 1. The minimum atomic E-state index is 0.278. The van der Waals surface area contributed by atoms with Crippen molar-refractivity contribution in [3.8, 4) is 5.69 Å². The number of nitrogens with zero attached hydrogens (tertiary/aromatic N) is 6. The smallest absolute Gasteiger partial charge is 0.222 e. The Bertz CT molecular complexity index is 1100. The summed E-state index contributed by atoms with van der Waals surface area (Å²) < 4.78 is 7.50. The number of hydrogen-bond acceptors (Lipinski definition) is 6. The van der Waals surface area contributed by atoms with Gasteiger partial charge in [-0.3, -0.25) is 4.79 Å². The second kappa shape index (κ2) is 10.5. The first-order chi connectivity index (χ1) is 16.7. The Morgan fingerprint density at radius 1 is 1.03 bits per heavy atom. The summed E-state index contributed by atoms with van der Waals surface area (Å²) >= 11 is 0. The van der Waals surface area contributed by atoms with Crippen molar-refractivity contribution < 1.29 is 9.53 Å². The van der Waals surface area contributed by atoms with Gasteiger partial charge in [-0.15, -0.1) is 0 Å². The zero-order chi connectivity index (χ0) is 23.3. The van der Waals surface area contributed by atoms with Gasteiger partial charge in [0.25, 0.3) is 0 Å². The lowest BCUT2D eigenvalue weighted by atomic mass is 9.99. The lowest BCUT2D eigenvalue weighted by Gasteiger charge is -2.36. The van der Waals surface area contributed by atoms with Crippen LogP contribution in [0.15, 0.2) is 36.5 Å². The third-order valence-corrected chi connectivity index (χ3v) is 6.94. The van der Waals surface area contributed by atoms with Crippen molar-refractivity contribution >= 4 is 22.8 Å². The first-order valence-electron chi connectivity index (χ1n) is 12.7. The molecule has 2 saturated heterocycles. The second-order valence-corrected chi connectivity index (χ2v) is 9.25. The van der Waals surface area contributed by atoms with Gasteiger partial charge in [-0.25, -0.2) is 14.6 Å². The Hall–Kier alpha value is -3.00. The number of benzene rings is 1. The van der Waals surface area contributed by atoms with Crippen LogP contribution in [0, 0.1) is 0 Å². The van der Waals surface area contributed by atoms with Gasteiger partial charge in [0.2, 0.25) is 5.91 Å². The molecule has 2 fully saturated rings. The molecule has 3 aromatic rings. The maximum atomic E-state index is 12.6. The fraction of sp³-hybridized carbons (Fsp3) is 0.538. The normalized spacial score (nSPS) is 17.4. The van der Waals surface area contributed by atoms with Crippen LogP contribution in [0.2, 0.25) is 0 Å². The van der Waals surface area contributed by atoms with E-state index >= 15 is 0 Å². The van der Waals surface area contributed by atoms with Gasteiger partial charge in [0.15, 0.2) is 5.65 Å². The molecule has 0 aliphatic carbocycles. The fourth-order valence-corrected chi connectivity index (χ4v) is 4.90. The highest BCUT2D eigenvalue weighted by atomic mass is 16.5. The molecule has 0 atom stereocenters. The Labute approximate surface area is 200 Å². The van der Waals surface area contributed by atoms with Crippen molar-refractivity contribution in [3.05, 3.63) is 42.4 Å². The molecule has 1 amide bonds. The van der Waals surface area contributed by atoms with Gasteiger partial charge < -0.3 is 14.5 Å². The third kappa shape index (κ3) is 4.78. The number of ether oxygens (including phenoxy) is 1. The van der Waals surface area contributed by atoms with Gasteiger partial charge in [0.05, 0.1) is 17.3 Å². The van der Waals surface area contributed by atoms with Crippen molar-refractivity contribution in [2.75, 3.05) is 44.3 Å². The monoisotopic (exact) mass is 462 g/mol. The minimum Gasteiger partial charge on any atom is -0.381 e. The van der Waals surface area contributed by atoms with Crippen LogP contribution in [0.1, 0.15) is 57.2 Å². The van der Waals surface area contributed by atoms with Crippen molar-refractivity contribution in [2.45, 2.75) is 51.4 Å². The molecule has 1 aromatic carbocycles. The summed E-state index contributed by atoms with van der Waals surface area (Å²) in [5, 5.41) is 5.65. The number of anilines is 1. The van der Waals surface area contributed by atoms with E-state index in [0.29, 0.717) is 6.42 Å². The number of carbonyl (C=O) groups excluding carboxylic acids is 1. The standard InChI is InChI=1S/C26H34N6O2/c1-2-3-5-10-23(33)30-13-15-31(16-14-30)25-22-19-27-32(21-8-6-4-7-9-21)26(22)29-24(28-25)20-11-17-34-18-12-20/h4,6-9,19-20H,2-3,5,10-18H2,1H3. The molecule has 2 aromatic heterocycles. The van der Waals surface area contributed by atoms with E-state index in [4.69, 9.17) is 19.8 Å². The molecule has 2 aliphatic rings. The molecule has 8 heteroatoms. The Balaban J connectivity index is 1.43. The van der Waals surface area contributed by atoms with E-state index in [1.54, 1.807) is 0 Å². The highest BCUT2D eigenvalue weighted by molar-refractivity contribution is 5.88. The van der Waals surface area contributed by atoms with Crippen LogP contribution in [0.4, 0.5) is 5.82 Å². The molecule has 34 heavy (non-hydrogen) atoms. The van der Waals surface area contributed by atoms with Gasteiger partial charge in [-0.2, -0.15) is 5.10 Å². The van der Waals surface area contributed by atoms with Crippen LogP contribution in [-0.2, 0) is 9.53 Å². The number of fused-ring (bicyclic) bond motifs is 1. The Morgan fingerprint density at radius 3 is 2.53 bits per heavy atom. The number of rotatable bonds is 7. The number of unbranched alkanes of at least 4 members (excludes halogenated alkanes) is 2. The van der Waals surface area contributed by atoms with E-state index in [2.05, 4.69) is 11.8 Å². The predicted octanol–water partition coefficient (Wildman–Crippen LogP) is 3.94. The lowest BCUT2D eigenvalue weighted by Crippen LogP contribution is -2.49. The van der Waals surface area contributed by atoms with Gasteiger partial charge in [0, 0.05) is 51.7 Å². The molecule has 0 spiro atoms. The molecule has 0 N–H and O–H groups in total. The van der Waals surface area contributed by atoms with Crippen LogP contribution >= 0.6 is 0 Å². The molecular formula is C26H34N6O2. The van der Waals surface area contributed by atoms with Gasteiger partial charge in [-0.1, -0.05) is 38.0 Å². The van der Waals surface area contributed by atoms with Crippen molar-refractivity contribution in [3.63, 3.8) is 0 Å². The summed E-state index contributed by atoms with van der Waals surface area (Å²) in [6, 6.07) is 10.1. The maximum Gasteiger partial charge on any atom is 0.222 e. The number of para-hydroxylation sites is 1. The zero-order valence-corrected chi connectivity index (χ0v) is 20.0. The Morgan fingerprint density at radius 2 is 1.79 bits per heavy atom. The van der Waals surface area contributed by atoms with E-state index < -0.39 is 0 Å². The molecule has 8 nitrogen and oxygen atoms in total. The van der Waals surface area contributed by atoms with Crippen LogP contribution in [-0.4, -0.2) is 69.9 Å². The molecule has 0 unspecified atom stereocenters. The molecule has 0 radical (unpaired) electrons. The van der Waals surface area contributed by atoms with Crippen molar-refractivity contribution in [1.82, 2.24) is 24.6 Å². The number of piperazine rings is 1. The largest absolute Gasteiger partial charge is 0.381 e. The SMILES string of the molecule is CCCCCC(=O)N1CCN(c2nc(C3CCOCC3)nc3c2cnn3-c2ccccc2)CC1. The van der Waals surface area contributed by atoms with Crippen molar-refractivity contribution in [1.29, 1.82) is 0 Å². The van der Waals surface area contributed by atoms with Crippen LogP contribution in [0.5, 0.6) is 0 Å². The first kappa shape index (κ1) is 22.8. The van der Waals surface area contributed by atoms with Gasteiger partial charge >= 0.3 is 0 Å². The number of hydrogen-bond donors (Lipinski definition) is 0. The second-order valence-electron chi connectivity index (χ2n) is 9.25. The zero-order valence-electron chi connectivity index (χ0n) is 20.0. The lowest BCUT2D eigenvalue weighted by molar-refractivity contribution is -0.131. The quantitative estimate of drug-likeness (QED) is 0.495. The summed E-state index contributed by atoms with van der Waals surface area (Å²) in [6.45, 7) is 6.67. The average Bonchev–Trinajstić information content (AvgIpc) is 3.33. The highest BCUT2D eigenvalue weighted by Crippen LogP contribution is 2.31. The molecule has 5 rings (SSSR count). The molecule has 180 valence electrons. The summed E-state index contributed by atoms with van der Waals surface area (Å²) in [4.78, 5) is 27.0. The average molecular weight is 463 g/mol. The van der Waals surface area contributed by atoms with Crippen LogP contribution in [0.3, 0.4) is 0 Å². The van der Waals surface area contributed by atoms with E-state index in [0.717, 1.165) is 99.9 Å². The van der Waals surface area contributed by atoms with Crippen molar-refractivity contribution in [2.24, 2.45) is 0 Å². The number of carbonyl (C=O) groups is 1. The molecule has 4 heterocycles. The van der Waals surface area contributed by atoms with E-state index in [1.165, 1.54) is 0 Å². The fourth-order valence-electron chi connectivity index (χ4n) is 4.90. The molecule has 0 bridgehead atoms. The van der Waals surface area contributed by atoms with Crippen LogP contribution < -0.4 is 4.90 Å². The van der Waals surface area contributed by atoms with E-state index in [-0.39, 0.29) is 11.8 Å². The maximum absolute atomic E-state index is 12.6. The summed E-state index contributed by atoms with van der Waals surface area (Å²) in [6.07, 6.45) is 7.64. The highest BCUT2D eigenvalue weighted by Gasteiger charge is 2.27. The summed E-state index contributed by atoms with van der Waals surface area (Å²) in [7, 11) is 0. The summed E-state index contributed by atoms with van der Waals surface area (Å²) in [5.74, 6) is 2.38. The minimum absolute atomic E-state index is 0.278.